The first-order valence-electron chi connectivity index (χ1n) is 12.5. The van der Waals surface area contributed by atoms with Crippen LogP contribution in [0.25, 0.3) is 0 Å². The van der Waals surface area contributed by atoms with Crippen molar-refractivity contribution >= 4 is 16.9 Å². The van der Waals surface area contributed by atoms with E-state index in [2.05, 4.69) is 47.6 Å². The predicted molar refractivity (Wildman–Crippen MR) is 126 cm³/mol. The van der Waals surface area contributed by atoms with Gasteiger partial charge in [0.15, 0.2) is 0 Å². The second kappa shape index (κ2) is 8.03. The number of allylic oxidation sites excluding steroid dienone is 1. The second-order valence-corrected chi connectivity index (χ2v) is 13.5. The van der Waals surface area contributed by atoms with Gasteiger partial charge in [0, 0.05) is 10.7 Å². The smallest absolute Gasteiger partial charge is 0.212 e. The lowest BCUT2D eigenvalue weighted by Crippen LogP contribution is -2.55. The van der Waals surface area contributed by atoms with Gasteiger partial charge in [-0.1, -0.05) is 78.6 Å². The van der Waals surface area contributed by atoms with E-state index in [0.717, 1.165) is 41.4 Å². The quantitative estimate of drug-likeness (QED) is 0.455. The molecule has 1 aliphatic heterocycles. The fourth-order valence-corrected chi connectivity index (χ4v) is 9.50. The van der Waals surface area contributed by atoms with Crippen molar-refractivity contribution in [3.8, 4) is 0 Å². The number of hydrogen-bond acceptors (Lipinski definition) is 2. The normalized spacial score (nSPS) is 47.6. The summed E-state index contributed by atoms with van der Waals surface area (Å²) in [7, 11) is 0. The van der Waals surface area contributed by atoms with E-state index in [0.29, 0.717) is 10.7 Å². The summed E-state index contributed by atoms with van der Waals surface area (Å²) in [4.78, 5) is 12.1. The van der Waals surface area contributed by atoms with E-state index in [1.807, 2.05) is 6.08 Å². The molecule has 0 aromatic heterocycles. The zero-order chi connectivity index (χ0) is 21.0. The van der Waals surface area contributed by atoms with Crippen molar-refractivity contribution in [2.75, 3.05) is 0 Å². The zero-order valence-electron chi connectivity index (χ0n) is 19.7. The highest BCUT2D eigenvalue weighted by atomic mass is 32.2. The van der Waals surface area contributed by atoms with E-state index in [1.54, 1.807) is 11.8 Å². The monoisotopic (exact) mass is 416 g/mol. The number of carbonyl (C=O) groups excluding carboxylic acids is 1. The minimum atomic E-state index is 0.234. The molecule has 0 N–H and O–H groups in total. The Labute approximate surface area is 184 Å². The molecule has 0 amide bonds. The van der Waals surface area contributed by atoms with Crippen molar-refractivity contribution in [2.45, 2.75) is 98.2 Å². The first kappa shape index (κ1) is 22.0. The Morgan fingerprint density at radius 1 is 1.14 bits per heavy atom. The van der Waals surface area contributed by atoms with Gasteiger partial charge in [0.2, 0.25) is 5.12 Å². The standard InChI is InChI=1S/C27H44OS/c1-17(2)8-7-9-18(3)20-15-22-25-19(4)14-23-27(6,13-11-24(28)29-23)21(25)10-12-26(22,5)16-20/h11,13,17-23,25H,7-10,12,14-16H2,1-6H3/t18?,19?,20?,21-,22+,23?,25-,26-,27-/m1/s1. The van der Waals surface area contributed by atoms with Crippen LogP contribution in [0.4, 0.5) is 0 Å². The van der Waals surface area contributed by atoms with E-state index in [-0.39, 0.29) is 10.5 Å². The largest absolute Gasteiger partial charge is 0.282 e. The maximum absolute atomic E-state index is 12.1. The van der Waals surface area contributed by atoms with Crippen molar-refractivity contribution in [1.82, 2.24) is 0 Å². The summed E-state index contributed by atoms with van der Waals surface area (Å²) in [5.41, 5.74) is 0.801. The molecule has 29 heavy (non-hydrogen) atoms. The minimum absolute atomic E-state index is 0.234. The topological polar surface area (TPSA) is 17.1 Å². The number of fused-ring (bicyclic) bond motifs is 5. The predicted octanol–water partition coefficient (Wildman–Crippen LogP) is 7.75. The van der Waals surface area contributed by atoms with Crippen LogP contribution in [0.15, 0.2) is 12.2 Å². The van der Waals surface area contributed by atoms with Crippen LogP contribution in [0, 0.1) is 52.3 Å². The van der Waals surface area contributed by atoms with Gasteiger partial charge in [-0.25, -0.2) is 0 Å². The molecule has 0 radical (unpaired) electrons. The first-order chi connectivity index (χ1) is 13.6. The minimum Gasteiger partial charge on any atom is -0.282 e. The second-order valence-electron chi connectivity index (χ2n) is 12.3. The van der Waals surface area contributed by atoms with Crippen molar-refractivity contribution in [3.05, 3.63) is 12.2 Å². The summed E-state index contributed by atoms with van der Waals surface area (Å²) >= 11 is 1.64. The van der Waals surface area contributed by atoms with Crippen molar-refractivity contribution in [2.24, 2.45) is 52.3 Å². The number of thioether (sulfide) groups is 1. The Morgan fingerprint density at radius 2 is 1.90 bits per heavy atom. The van der Waals surface area contributed by atoms with Gasteiger partial charge in [0.1, 0.15) is 0 Å². The van der Waals surface area contributed by atoms with E-state index in [4.69, 9.17) is 0 Å². The van der Waals surface area contributed by atoms with Crippen LogP contribution in [0.2, 0.25) is 0 Å². The third-order valence-electron chi connectivity index (χ3n) is 9.95. The molecule has 4 aliphatic rings. The molecule has 4 unspecified atom stereocenters. The molecule has 1 nitrogen and oxygen atoms in total. The number of rotatable bonds is 5. The molecule has 2 heteroatoms. The molecule has 0 aromatic rings. The molecular weight excluding hydrogens is 372 g/mol. The van der Waals surface area contributed by atoms with Gasteiger partial charge in [0.25, 0.3) is 0 Å². The molecule has 4 rings (SSSR count). The third kappa shape index (κ3) is 3.90. The SMILES string of the molecule is CC(C)CCCC(C)C1C[C@H]2[C@@H]3C(C)CC4SC(=O)C=C[C@]4(C)[C@@H]3CC[C@]2(C)C1. The molecule has 0 spiro atoms. The average Bonchev–Trinajstić information content (AvgIpc) is 3.00. The summed E-state index contributed by atoms with van der Waals surface area (Å²) in [5, 5.41) is 0.794. The molecule has 0 bridgehead atoms. The Hall–Kier alpha value is -0.240. The molecule has 164 valence electrons. The van der Waals surface area contributed by atoms with Crippen molar-refractivity contribution in [3.63, 3.8) is 0 Å². The Morgan fingerprint density at radius 3 is 2.62 bits per heavy atom. The molecular formula is C27H44OS. The third-order valence-corrected chi connectivity index (χ3v) is 11.3. The maximum atomic E-state index is 12.1. The lowest BCUT2D eigenvalue weighted by atomic mass is 9.48. The Kier molecular flexibility index (Phi) is 6.08. The van der Waals surface area contributed by atoms with Gasteiger partial charge in [0.05, 0.1) is 0 Å². The summed E-state index contributed by atoms with van der Waals surface area (Å²) in [6, 6.07) is 0. The van der Waals surface area contributed by atoms with Crippen LogP contribution in [0.3, 0.4) is 0 Å². The highest BCUT2D eigenvalue weighted by Crippen LogP contribution is 2.67. The van der Waals surface area contributed by atoms with Crippen LogP contribution in [-0.2, 0) is 4.79 Å². The number of carbonyl (C=O) groups is 1. The highest BCUT2D eigenvalue weighted by Gasteiger charge is 2.60. The molecule has 1 heterocycles. The van der Waals surface area contributed by atoms with Crippen LogP contribution < -0.4 is 0 Å². The van der Waals surface area contributed by atoms with Crippen LogP contribution >= 0.6 is 11.8 Å². The lowest BCUT2D eigenvalue weighted by Gasteiger charge is -2.60. The average molecular weight is 417 g/mol. The van der Waals surface area contributed by atoms with Gasteiger partial charge >= 0.3 is 0 Å². The summed E-state index contributed by atoms with van der Waals surface area (Å²) in [6.07, 6.45) is 15.4. The first-order valence-corrected chi connectivity index (χ1v) is 13.4. The van der Waals surface area contributed by atoms with Gasteiger partial charge in [-0.2, -0.15) is 0 Å². The van der Waals surface area contributed by atoms with E-state index < -0.39 is 0 Å². The Balaban J connectivity index is 1.51. The van der Waals surface area contributed by atoms with Crippen molar-refractivity contribution in [1.29, 1.82) is 0 Å². The van der Waals surface area contributed by atoms with Crippen LogP contribution in [0.1, 0.15) is 92.9 Å². The maximum Gasteiger partial charge on any atom is 0.212 e. The lowest BCUT2D eigenvalue weighted by molar-refractivity contribution is -0.108. The summed E-state index contributed by atoms with van der Waals surface area (Å²) in [5.74, 6) is 5.98. The molecule has 0 aromatic carbocycles. The number of hydrogen-bond donors (Lipinski definition) is 0. The van der Waals surface area contributed by atoms with E-state index >= 15 is 0 Å². The fourth-order valence-electron chi connectivity index (χ4n) is 8.17. The molecule has 9 atom stereocenters. The summed E-state index contributed by atoms with van der Waals surface area (Å²) < 4.78 is 0. The molecule has 3 aliphatic carbocycles. The van der Waals surface area contributed by atoms with Crippen LogP contribution in [0.5, 0.6) is 0 Å². The van der Waals surface area contributed by atoms with Crippen LogP contribution in [-0.4, -0.2) is 10.4 Å². The highest BCUT2D eigenvalue weighted by molar-refractivity contribution is 8.14. The molecule has 0 saturated heterocycles. The van der Waals surface area contributed by atoms with Gasteiger partial charge in [-0.05, 0) is 85.0 Å². The molecule has 3 fully saturated rings. The molecule has 3 saturated carbocycles. The van der Waals surface area contributed by atoms with Gasteiger partial charge < -0.3 is 0 Å². The zero-order valence-corrected chi connectivity index (χ0v) is 20.6. The van der Waals surface area contributed by atoms with E-state index in [1.165, 1.54) is 51.4 Å². The summed E-state index contributed by atoms with van der Waals surface area (Å²) in [6.45, 7) is 14.9. The van der Waals surface area contributed by atoms with Crippen molar-refractivity contribution < 1.29 is 4.79 Å². The van der Waals surface area contributed by atoms with Gasteiger partial charge in [-0.15, -0.1) is 0 Å². The van der Waals surface area contributed by atoms with Gasteiger partial charge in [-0.3, -0.25) is 4.79 Å². The fraction of sp³-hybridized carbons (Fsp3) is 0.889. The Bertz CT molecular complexity index is 653. The van der Waals surface area contributed by atoms with E-state index in [9.17, 15) is 4.79 Å².